The highest BCUT2D eigenvalue weighted by molar-refractivity contribution is 5.88. The molecule has 0 aromatic rings. The maximum atomic E-state index is 11.3. The largest absolute Gasteiger partial charge is 0.305 e. The Kier molecular flexibility index (Phi) is 2.09. The van der Waals surface area contributed by atoms with E-state index in [-0.39, 0.29) is 5.54 Å². The van der Waals surface area contributed by atoms with Crippen LogP contribution in [-0.4, -0.2) is 17.9 Å². The standard InChI is InChI=1S/C8H15NO/c1-3-8(2)7(10)5-4-6-9-8/h9H,3-6H2,1-2H3. The normalized spacial score (nSPS) is 34.4. The van der Waals surface area contributed by atoms with E-state index in [9.17, 15) is 4.79 Å². The van der Waals surface area contributed by atoms with E-state index in [0.29, 0.717) is 5.78 Å². The molecule has 1 rings (SSSR count). The van der Waals surface area contributed by atoms with Crippen molar-refractivity contribution in [3.63, 3.8) is 0 Å². The molecule has 0 amide bonds. The first-order chi connectivity index (χ1) is 4.69. The van der Waals surface area contributed by atoms with E-state index in [0.717, 1.165) is 25.8 Å². The number of carbonyl (C=O) groups is 1. The molecule has 1 fully saturated rings. The van der Waals surface area contributed by atoms with E-state index in [1.54, 1.807) is 0 Å². The van der Waals surface area contributed by atoms with Crippen LogP contribution in [-0.2, 0) is 4.79 Å². The van der Waals surface area contributed by atoms with Gasteiger partial charge in [-0.2, -0.15) is 0 Å². The SMILES string of the molecule is CCC1(C)NCCCC1=O. The number of hydrogen-bond donors (Lipinski definition) is 1. The Balaban J connectivity index is 2.63. The van der Waals surface area contributed by atoms with Crippen LogP contribution >= 0.6 is 0 Å². The summed E-state index contributed by atoms with van der Waals surface area (Å²) in [5, 5.41) is 3.25. The van der Waals surface area contributed by atoms with Gasteiger partial charge in [-0.1, -0.05) is 6.92 Å². The van der Waals surface area contributed by atoms with Gasteiger partial charge in [-0.15, -0.1) is 0 Å². The van der Waals surface area contributed by atoms with Gasteiger partial charge in [-0.25, -0.2) is 0 Å². The quantitative estimate of drug-likeness (QED) is 0.592. The fraction of sp³-hybridized carbons (Fsp3) is 0.875. The molecule has 0 aliphatic carbocycles. The maximum absolute atomic E-state index is 11.3. The van der Waals surface area contributed by atoms with Crippen molar-refractivity contribution in [2.75, 3.05) is 6.54 Å². The predicted molar refractivity (Wildman–Crippen MR) is 40.9 cm³/mol. The lowest BCUT2D eigenvalue weighted by Crippen LogP contribution is -2.52. The van der Waals surface area contributed by atoms with Gasteiger partial charge in [0.05, 0.1) is 5.54 Å². The number of ketones is 1. The molecule has 0 aromatic carbocycles. The van der Waals surface area contributed by atoms with Gasteiger partial charge >= 0.3 is 0 Å². The Morgan fingerprint density at radius 3 is 2.80 bits per heavy atom. The van der Waals surface area contributed by atoms with Crippen LogP contribution in [0.2, 0.25) is 0 Å². The summed E-state index contributed by atoms with van der Waals surface area (Å²) in [4.78, 5) is 11.3. The van der Waals surface area contributed by atoms with Crippen molar-refractivity contribution in [1.82, 2.24) is 5.32 Å². The molecule has 0 saturated carbocycles. The summed E-state index contributed by atoms with van der Waals surface area (Å²) in [6.07, 6.45) is 2.68. The van der Waals surface area contributed by atoms with Crippen molar-refractivity contribution in [2.45, 2.75) is 38.6 Å². The van der Waals surface area contributed by atoms with E-state index in [1.165, 1.54) is 0 Å². The van der Waals surface area contributed by atoms with Crippen molar-refractivity contribution in [1.29, 1.82) is 0 Å². The summed E-state index contributed by atoms with van der Waals surface area (Å²) in [6, 6.07) is 0. The summed E-state index contributed by atoms with van der Waals surface area (Å²) in [7, 11) is 0. The molecular weight excluding hydrogens is 126 g/mol. The predicted octanol–water partition coefficient (Wildman–Crippen LogP) is 1.11. The summed E-state index contributed by atoms with van der Waals surface area (Å²) in [5.41, 5.74) is -0.210. The van der Waals surface area contributed by atoms with Crippen LogP contribution in [0.5, 0.6) is 0 Å². The zero-order valence-electron chi connectivity index (χ0n) is 6.74. The minimum atomic E-state index is -0.210. The molecular formula is C8H15NO. The van der Waals surface area contributed by atoms with Crippen LogP contribution in [0.1, 0.15) is 33.1 Å². The van der Waals surface area contributed by atoms with E-state index < -0.39 is 0 Å². The number of piperidine rings is 1. The Morgan fingerprint density at radius 1 is 1.70 bits per heavy atom. The van der Waals surface area contributed by atoms with Crippen LogP contribution in [0.15, 0.2) is 0 Å². The zero-order valence-corrected chi connectivity index (χ0v) is 6.74. The van der Waals surface area contributed by atoms with Gasteiger partial charge in [0.15, 0.2) is 5.78 Å². The van der Waals surface area contributed by atoms with Crippen molar-refractivity contribution in [3.8, 4) is 0 Å². The Bertz CT molecular complexity index is 144. The molecule has 1 aliphatic rings. The van der Waals surface area contributed by atoms with Crippen molar-refractivity contribution in [2.24, 2.45) is 0 Å². The van der Waals surface area contributed by atoms with E-state index in [2.05, 4.69) is 12.2 Å². The van der Waals surface area contributed by atoms with Crippen LogP contribution in [0.25, 0.3) is 0 Å². The highest BCUT2D eigenvalue weighted by atomic mass is 16.1. The number of rotatable bonds is 1. The lowest BCUT2D eigenvalue weighted by molar-refractivity contribution is -0.126. The third-order valence-electron chi connectivity index (χ3n) is 2.42. The molecule has 58 valence electrons. The third kappa shape index (κ3) is 1.21. The smallest absolute Gasteiger partial charge is 0.152 e. The third-order valence-corrected chi connectivity index (χ3v) is 2.42. The molecule has 1 aliphatic heterocycles. The van der Waals surface area contributed by atoms with Gasteiger partial charge in [0, 0.05) is 6.42 Å². The van der Waals surface area contributed by atoms with Crippen LogP contribution in [0, 0.1) is 0 Å². The van der Waals surface area contributed by atoms with Crippen LogP contribution < -0.4 is 5.32 Å². The second-order valence-electron chi connectivity index (χ2n) is 3.14. The second-order valence-corrected chi connectivity index (χ2v) is 3.14. The highest BCUT2D eigenvalue weighted by Gasteiger charge is 2.32. The van der Waals surface area contributed by atoms with Gasteiger partial charge in [-0.05, 0) is 26.3 Å². The first-order valence-electron chi connectivity index (χ1n) is 3.97. The zero-order chi connectivity index (χ0) is 7.61. The molecule has 0 bridgehead atoms. The van der Waals surface area contributed by atoms with Crippen LogP contribution in [0.4, 0.5) is 0 Å². The summed E-state index contributed by atoms with van der Waals surface area (Å²) in [6.45, 7) is 5.04. The number of carbonyl (C=O) groups excluding carboxylic acids is 1. The van der Waals surface area contributed by atoms with E-state index in [1.807, 2.05) is 6.92 Å². The maximum Gasteiger partial charge on any atom is 0.152 e. The molecule has 0 radical (unpaired) electrons. The van der Waals surface area contributed by atoms with Crippen molar-refractivity contribution >= 4 is 5.78 Å². The van der Waals surface area contributed by atoms with Gasteiger partial charge in [0.2, 0.25) is 0 Å². The topological polar surface area (TPSA) is 29.1 Å². The first-order valence-corrected chi connectivity index (χ1v) is 3.97. The average Bonchev–Trinajstić information content (AvgIpc) is 1.96. The molecule has 2 heteroatoms. The van der Waals surface area contributed by atoms with Gasteiger partial charge in [0.1, 0.15) is 0 Å². The highest BCUT2D eigenvalue weighted by Crippen LogP contribution is 2.17. The molecule has 10 heavy (non-hydrogen) atoms. The molecule has 1 N–H and O–H groups in total. The lowest BCUT2D eigenvalue weighted by Gasteiger charge is -2.32. The number of hydrogen-bond acceptors (Lipinski definition) is 2. The molecule has 0 aromatic heterocycles. The van der Waals surface area contributed by atoms with Gasteiger partial charge < -0.3 is 5.32 Å². The minimum absolute atomic E-state index is 0.210. The fourth-order valence-corrected chi connectivity index (χ4v) is 1.31. The second kappa shape index (κ2) is 2.70. The molecule has 1 heterocycles. The van der Waals surface area contributed by atoms with Gasteiger partial charge in [0.25, 0.3) is 0 Å². The van der Waals surface area contributed by atoms with E-state index in [4.69, 9.17) is 0 Å². The van der Waals surface area contributed by atoms with Crippen molar-refractivity contribution < 1.29 is 4.79 Å². The molecule has 0 spiro atoms. The Morgan fingerprint density at radius 2 is 2.40 bits per heavy atom. The van der Waals surface area contributed by atoms with Gasteiger partial charge in [-0.3, -0.25) is 4.79 Å². The number of Topliss-reactive ketones (excluding diaryl/α,β-unsaturated/α-hetero) is 1. The molecule has 1 unspecified atom stereocenters. The minimum Gasteiger partial charge on any atom is -0.305 e. The van der Waals surface area contributed by atoms with Crippen molar-refractivity contribution in [3.05, 3.63) is 0 Å². The first kappa shape index (κ1) is 7.73. The molecule has 2 nitrogen and oxygen atoms in total. The summed E-state index contributed by atoms with van der Waals surface area (Å²) in [5.74, 6) is 0.376. The Hall–Kier alpha value is -0.370. The molecule has 1 atom stereocenters. The fourth-order valence-electron chi connectivity index (χ4n) is 1.31. The summed E-state index contributed by atoms with van der Waals surface area (Å²) >= 11 is 0. The lowest BCUT2D eigenvalue weighted by atomic mass is 9.87. The number of nitrogens with one attached hydrogen (secondary N) is 1. The average molecular weight is 141 g/mol. The monoisotopic (exact) mass is 141 g/mol. The van der Waals surface area contributed by atoms with Crippen LogP contribution in [0.3, 0.4) is 0 Å². The summed E-state index contributed by atoms with van der Waals surface area (Å²) < 4.78 is 0. The Labute approximate surface area is 62.0 Å². The van der Waals surface area contributed by atoms with E-state index >= 15 is 0 Å². The molecule has 1 saturated heterocycles.